The molecule has 0 unspecified atom stereocenters. The number of hydrogen-bond donors (Lipinski definition) is 1. The summed E-state index contributed by atoms with van der Waals surface area (Å²) in [6, 6.07) is 9.25. The SMILES string of the molecule is N#Cc1ccc(Oc2ccc(F)cc2F)cc1N. The van der Waals surface area contributed by atoms with Gasteiger partial charge >= 0.3 is 0 Å². The van der Waals surface area contributed by atoms with Gasteiger partial charge in [0, 0.05) is 12.1 Å². The lowest BCUT2D eigenvalue weighted by atomic mass is 10.2. The smallest absolute Gasteiger partial charge is 0.168 e. The average Bonchev–Trinajstić information content (AvgIpc) is 2.33. The standard InChI is InChI=1S/C13H8F2N2O/c14-9-2-4-13(11(15)5-9)18-10-3-1-8(7-16)12(17)6-10/h1-6H,17H2. The van der Waals surface area contributed by atoms with Gasteiger partial charge in [-0.2, -0.15) is 5.26 Å². The molecule has 0 amide bonds. The van der Waals surface area contributed by atoms with Crippen LogP contribution in [0, 0.1) is 23.0 Å². The van der Waals surface area contributed by atoms with Crippen LogP contribution in [0.4, 0.5) is 14.5 Å². The molecule has 90 valence electrons. The lowest BCUT2D eigenvalue weighted by molar-refractivity contribution is 0.438. The highest BCUT2D eigenvalue weighted by molar-refractivity contribution is 5.57. The van der Waals surface area contributed by atoms with Gasteiger partial charge in [0.25, 0.3) is 0 Å². The second-order valence-corrected chi connectivity index (χ2v) is 3.54. The minimum Gasteiger partial charge on any atom is -0.454 e. The predicted molar refractivity (Wildman–Crippen MR) is 62.0 cm³/mol. The van der Waals surface area contributed by atoms with Crippen molar-refractivity contribution < 1.29 is 13.5 Å². The Bertz CT molecular complexity index is 635. The van der Waals surface area contributed by atoms with Crippen molar-refractivity contribution in [1.82, 2.24) is 0 Å². The molecule has 0 aliphatic heterocycles. The highest BCUT2D eigenvalue weighted by Gasteiger charge is 2.07. The molecule has 0 aliphatic rings. The van der Waals surface area contributed by atoms with Crippen LogP contribution in [0.15, 0.2) is 36.4 Å². The van der Waals surface area contributed by atoms with Gasteiger partial charge in [-0.3, -0.25) is 0 Å². The fourth-order valence-electron chi connectivity index (χ4n) is 1.39. The zero-order chi connectivity index (χ0) is 13.1. The monoisotopic (exact) mass is 246 g/mol. The van der Waals surface area contributed by atoms with Crippen LogP contribution in [0.3, 0.4) is 0 Å². The van der Waals surface area contributed by atoms with Gasteiger partial charge in [-0.25, -0.2) is 8.78 Å². The Labute approximate surface area is 102 Å². The van der Waals surface area contributed by atoms with E-state index in [0.29, 0.717) is 5.56 Å². The molecule has 2 aromatic rings. The molecule has 0 heterocycles. The number of ether oxygens (including phenoxy) is 1. The first-order valence-electron chi connectivity index (χ1n) is 5.02. The molecular weight excluding hydrogens is 238 g/mol. The molecule has 5 heteroatoms. The van der Waals surface area contributed by atoms with Crippen molar-refractivity contribution in [1.29, 1.82) is 5.26 Å². The Morgan fingerprint density at radius 2 is 1.89 bits per heavy atom. The summed E-state index contributed by atoms with van der Waals surface area (Å²) < 4.78 is 31.2. The summed E-state index contributed by atoms with van der Waals surface area (Å²) in [5.41, 5.74) is 6.13. The van der Waals surface area contributed by atoms with E-state index in [1.165, 1.54) is 24.3 Å². The van der Waals surface area contributed by atoms with Gasteiger partial charge in [-0.05, 0) is 24.3 Å². The maximum absolute atomic E-state index is 13.3. The molecule has 2 rings (SSSR count). The Kier molecular flexibility index (Phi) is 3.11. The molecule has 3 nitrogen and oxygen atoms in total. The van der Waals surface area contributed by atoms with Crippen LogP contribution >= 0.6 is 0 Å². The number of nitrogens with two attached hydrogens (primary N) is 1. The Hall–Kier alpha value is -2.61. The normalized spacial score (nSPS) is 9.83. The van der Waals surface area contributed by atoms with Crippen LogP contribution in [0.1, 0.15) is 5.56 Å². The zero-order valence-electron chi connectivity index (χ0n) is 9.15. The number of rotatable bonds is 2. The number of nitriles is 1. The quantitative estimate of drug-likeness (QED) is 0.827. The number of nitrogens with zero attached hydrogens (tertiary/aromatic N) is 1. The van der Waals surface area contributed by atoms with E-state index in [9.17, 15) is 8.78 Å². The second kappa shape index (κ2) is 4.72. The molecule has 0 aromatic heterocycles. The molecule has 18 heavy (non-hydrogen) atoms. The van der Waals surface area contributed by atoms with Crippen molar-refractivity contribution in [2.24, 2.45) is 0 Å². The topological polar surface area (TPSA) is 59.0 Å². The Morgan fingerprint density at radius 1 is 1.11 bits per heavy atom. The fourth-order valence-corrected chi connectivity index (χ4v) is 1.39. The molecule has 0 spiro atoms. The summed E-state index contributed by atoms with van der Waals surface area (Å²) in [7, 11) is 0. The summed E-state index contributed by atoms with van der Waals surface area (Å²) in [6.45, 7) is 0. The maximum Gasteiger partial charge on any atom is 0.168 e. The number of nitrogen functional groups attached to an aromatic ring is 1. The average molecular weight is 246 g/mol. The Morgan fingerprint density at radius 3 is 2.50 bits per heavy atom. The largest absolute Gasteiger partial charge is 0.454 e. The van der Waals surface area contributed by atoms with Crippen molar-refractivity contribution >= 4 is 5.69 Å². The van der Waals surface area contributed by atoms with Gasteiger partial charge in [0.1, 0.15) is 17.6 Å². The first-order valence-corrected chi connectivity index (χ1v) is 5.02. The lowest BCUT2D eigenvalue weighted by Gasteiger charge is -2.07. The summed E-state index contributed by atoms with van der Waals surface area (Å²) >= 11 is 0. The molecule has 0 fully saturated rings. The van der Waals surface area contributed by atoms with Gasteiger partial charge in [0.15, 0.2) is 11.6 Å². The molecule has 0 bridgehead atoms. The van der Waals surface area contributed by atoms with Crippen LogP contribution in [0.5, 0.6) is 11.5 Å². The highest BCUT2D eigenvalue weighted by Crippen LogP contribution is 2.27. The molecule has 0 atom stereocenters. The molecule has 0 saturated heterocycles. The summed E-state index contributed by atoms with van der Waals surface area (Å²) in [6.07, 6.45) is 0. The van der Waals surface area contributed by atoms with Gasteiger partial charge in [0.05, 0.1) is 11.3 Å². The highest BCUT2D eigenvalue weighted by atomic mass is 19.1. The van der Waals surface area contributed by atoms with Crippen LogP contribution in [0.25, 0.3) is 0 Å². The maximum atomic E-state index is 13.3. The van der Waals surface area contributed by atoms with Crippen molar-refractivity contribution in [3.63, 3.8) is 0 Å². The van der Waals surface area contributed by atoms with Crippen LogP contribution in [0.2, 0.25) is 0 Å². The number of halogens is 2. The van der Waals surface area contributed by atoms with Crippen LogP contribution in [-0.4, -0.2) is 0 Å². The third kappa shape index (κ3) is 2.38. The van der Waals surface area contributed by atoms with Gasteiger partial charge in [0.2, 0.25) is 0 Å². The lowest BCUT2D eigenvalue weighted by Crippen LogP contribution is -1.93. The number of benzene rings is 2. The van der Waals surface area contributed by atoms with E-state index < -0.39 is 11.6 Å². The third-order valence-corrected chi connectivity index (χ3v) is 2.27. The van der Waals surface area contributed by atoms with E-state index >= 15 is 0 Å². The molecule has 2 N–H and O–H groups in total. The zero-order valence-corrected chi connectivity index (χ0v) is 9.15. The van der Waals surface area contributed by atoms with E-state index in [4.69, 9.17) is 15.7 Å². The van der Waals surface area contributed by atoms with Crippen molar-refractivity contribution in [2.45, 2.75) is 0 Å². The van der Waals surface area contributed by atoms with Crippen LogP contribution < -0.4 is 10.5 Å². The van der Waals surface area contributed by atoms with E-state index in [0.717, 1.165) is 12.1 Å². The number of anilines is 1. The van der Waals surface area contributed by atoms with Crippen molar-refractivity contribution in [3.8, 4) is 17.6 Å². The minimum absolute atomic E-state index is 0.111. The molecule has 0 aliphatic carbocycles. The van der Waals surface area contributed by atoms with E-state index in [1.54, 1.807) is 0 Å². The molecular formula is C13H8F2N2O. The summed E-state index contributed by atoms with van der Waals surface area (Å²) in [4.78, 5) is 0. The van der Waals surface area contributed by atoms with Gasteiger partial charge < -0.3 is 10.5 Å². The fraction of sp³-hybridized carbons (Fsp3) is 0. The predicted octanol–water partition coefficient (Wildman–Crippen LogP) is 3.21. The van der Waals surface area contributed by atoms with Gasteiger partial charge in [-0.1, -0.05) is 0 Å². The number of hydrogen-bond acceptors (Lipinski definition) is 3. The van der Waals surface area contributed by atoms with Crippen molar-refractivity contribution in [3.05, 3.63) is 53.6 Å². The first kappa shape index (κ1) is 11.9. The molecule has 0 radical (unpaired) electrons. The van der Waals surface area contributed by atoms with Crippen LogP contribution in [-0.2, 0) is 0 Å². The van der Waals surface area contributed by atoms with Crippen molar-refractivity contribution in [2.75, 3.05) is 5.73 Å². The minimum atomic E-state index is -0.807. The first-order chi connectivity index (χ1) is 8.60. The van der Waals surface area contributed by atoms with E-state index in [1.807, 2.05) is 6.07 Å². The van der Waals surface area contributed by atoms with Gasteiger partial charge in [-0.15, -0.1) is 0 Å². The molecule has 2 aromatic carbocycles. The summed E-state index contributed by atoms with van der Waals surface area (Å²) in [5, 5.41) is 8.70. The summed E-state index contributed by atoms with van der Waals surface area (Å²) in [5.74, 6) is -1.32. The second-order valence-electron chi connectivity index (χ2n) is 3.54. The van der Waals surface area contributed by atoms with E-state index in [2.05, 4.69) is 0 Å². The molecule has 0 saturated carbocycles. The third-order valence-electron chi connectivity index (χ3n) is 2.27. The van der Waals surface area contributed by atoms with E-state index in [-0.39, 0.29) is 17.2 Å². The Balaban J connectivity index is 2.29.